The number of carbonyl (C=O) groups is 1. The van der Waals surface area contributed by atoms with Crippen LogP contribution in [0.5, 0.6) is 0 Å². The predicted molar refractivity (Wildman–Crippen MR) is 44.0 cm³/mol. The summed E-state index contributed by atoms with van der Waals surface area (Å²) in [5, 5.41) is 14.8. The van der Waals surface area contributed by atoms with E-state index < -0.39 is 5.97 Å². The summed E-state index contributed by atoms with van der Waals surface area (Å²) in [6.07, 6.45) is 0. The van der Waals surface area contributed by atoms with Gasteiger partial charge < -0.3 is 10.8 Å². The van der Waals surface area contributed by atoms with Crippen molar-refractivity contribution in [1.29, 1.82) is 0 Å². The highest BCUT2D eigenvalue weighted by Gasteiger charge is 2.17. The monoisotopic (exact) mass is 169 g/mol. The molecule has 0 saturated heterocycles. The molecule has 0 aromatic carbocycles. The lowest BCUT2D eigenvalue weighted by Crippen LogP contribution is -2.02. The first-order valence-electron chi connectivity index (χ1n) is 3.61. The summed E-state index contributed by atoms with van der Waals surface area (Å²) in [6, 6.07) is 0. The van der Waals surface area contributed by atoms with Gasteiger partial charge in [-0.05, 0) is 5.92 Å². The highest BCUT2D eigenvalue weighted by Crippen LogP contribution is 2.21. The number of aromatic amines is 1. The Bertz CT molecular complexity index is 304. The van der Waals surface area contributed by atoms with Crippen LogP contribution in [0.1, 0.15) is 35.9 Å². The van der Waals surface area contributed by atoms with Crippen molar-refractivity contribution in [3.8, 4) is 0 Å². The third kappa shape index (κ3) is 1.25. The Balaban J connectivity index is 3.13. The number of carboxylic acid groups (broad SMARTS) is 1. The lowest BCUT2D eigenvalue weighted by atomic mass is 10.1. The van der Waals surface area contributed by atoms with Gasteiger partial charge in [0.05, 0.1) is 11.4 Å². The SMILES string of the molecule is CC(C)c1[nH]nc(C(=O)O)c1N. The molecule has 66 valence electrons. The molecule has 0 bridgehead atoms. The van der Waals surface area contributed by atoms with Crippen molar-refractivity contribution in [3.63, 3.8) is 0 Å². The van der Waals surface area contributed by atoms with E-state index in [0.717, 1.165) is 0 Å². The van der Waals surface area contributed by atoms with E-state index in [1.807, 2.05) is 13.8 Å². The number of rotatable bonds is 2. The van der Waals surface area contributed by atoms with Gasteiger partial charge in [-0.15, -0.1) is 0 Å². The molecule has 5 heteroatoms. The first-order chi connectivity index (χ1) is 5.54. The Labute approximate surface area is 69.6 Å². The standard InChI is InChI=1S/C7H11N3O2/c1-3(2)5-4(8)6(7(11)12)10-9-5/h3H,8H2,1-2H3,(H,9,10)(H,11,12). The number of hydrogen-bond donors (Lipinski definition) is 3. The average Bonchev–Trinajstić information content (AvgIpc) is 2.30. The number of carboxylic acids is 1. The zero-order valence-corrected chi connectivity index (χ0v) is 6.96. The summed E-state index contributed by atoms with van der Waals surface area (Å²) in [5.41, 5.74) is 6.34. The minimum absolute atomic E-state index is 0.0984. The molecule has 0 fully saturated rings. The maximum absolute atomic E-state index is 10.5. The number of hydrogen-bond acceptors (Lipinski definition) is 3. The second-order valence-corrected chi connectivity index (χ2v) is 2.86. The molecule has 0 aliphatic carbocycles. The zero-order valence-electron chi connectivity index (χ0n) is 6.96. The molecular weight excluding hydrogens is 158 g/mol. The van der Waals surface area contributed by atoms with E-state index in [1.165, 1.54) is 0 Å². The van der Waals surface area contributed by atoms with Crippen LogP contribution in [0.4, 0.5) is 5.69 Å². The van der Waals surface area contributed by atoms with E-state index in [9.17, 15) is 4.79 Å². The van der Waals surface area contributed by atoms with Gasteiger partial charge in [-0.3, -0.25) is 5.10 Å². The van der Waals surface area contributed by atoms with Gasteiger partial charge in [0, 0.05) is 0 Å². The lowest BCUT2D eigenvalue weighted by Gasteiger charge is -2.00. The van der Waals surface area contributed by atoms with Crippen molar-refractivity contribution >= 4 is 11.7 Å². The molecule has 0 radical (unpaired) electrons. The van der Waals surface area contributed by atoms with Crippen LogP contribution in [0.15, 0.2) is 0 Å². The van der Waals surface area contributed by atoms with Crippen LogP contribution in [-0.4, -0.2) is 21.3 Å². The van der Waals surface area contributed by atoms with Gasteiger partial charge >= 0.3 is 5.97 Å². The molecule has 0 aliphatic heterocycles. The van der Waals surface area contributed by atoms with E-state index >= 15 is 0 Å². The lowest BCUT2D eigenvalue weighted by molar-refractivity contribution is 0.0691. The minimum atomic E-state index is -1.10. The zero-order chi connectivity index (χ0) is 9.30. The molecule has 0 spiro atoms. The predicted octanol–water partition coefficient (Wildman–Crippen LogP) is 0.814. The summed E-state index contributed by atoms with van der Waals surface area (Å²) in [6.45, 7) is 3.82. The first kappa shape index (κ1) is 8.58. The molecule has 0 aliphatic rings. The van der Waals surface area contributed by atoms with Crippen molar-refractivity contribution < 1.29 is 9.90 Å². The van der Waals surface area contributed by atoms with Crippen LogP contribution in [0, 0.1) is 0 Å². The molecule has 5 nitrogen and oxygen atoms in total. The molecule has 1 aromatic rings. The van der Waals surface area contributed by atoms with Crippen molar-refractivity contribution in [2.75, 3.05) is 5.73 Å². The molecule has 0 unspecified atom stereocenters. The van der Waals surface area contributed by atoms with Gasteiger partial charge in [-0.2, -0.15) is 5.10 Å². The third-order valence-corrected chi connectivity index (χ3v) is 1.61. The fourth-order valence-corrected chi connectivity index (χ4v) is 0.967. The van der Waals surface area contributed by atoms with Crippen LogP contribution < -0.4 is 5.73 Å². The Morgan fingerprint density at radius 3 is 2.50 bits per heavy atom. The van der Waals surface area contributed by atoms with E-state index in [-0.39, 0.29) is 17.3 Å². The fraction of sp³-hybridized carbons (Fsp3) is 0.429. The highest BCUT2D eigenvalue weighted by atomic mass is 16.4. The number of nitrogens with two attached hydrogens (primary N) is 1. The van der Waals surface area contributed by atoms with Gasteiger partial charge in [-0.25, -0.2) is 4.79 Å². The Hall–Kier alpha value is -1.52. The van der Waals surface area contributed by atoms with Crippen molar-refractivity contribution in [3.05, 3.63) is 11.4 Å². The van der Waals surface area contributed by atoms with Crippen LogP contribution in [0.2, 0.25) is 0 Å². The number of nitrogens with one attached hydrogen (secondary N) is 1. The molecule has 12 heavy (non-hydrogen) atoms. The van der Waals surface area contributed by atoms with Crippen molar-refractivity contribution in [2.45, 2.75) is 19.8 Å². The van der Waals surface area contributed by atoms with E-state index in [0.29, 0.717) is 5.69 Å². The molecule has 1 aromatic heterocycles. The van der Waals surface area contributed by atoms with Crippen LogP contribution in [0.3, 0.4) is 0 Å². The third-order valence-electron chi connectivity index (χ3n) is 1.61. The van der Waals surface area contributed by atoms with Crippen LogP contribution >= 0.6 is 0 Å². The highest BCUT2D eigenvalue weighted by molar-refractivity contribution is 5.91. The average molecular weight is 169 g/mol. The molecule has 0 amide bonds. The largest absolute Gasteiger partial charge is 0.476 e. The van der Waals surface area contributed by atoms with Crippen molar-refractivity contribution in [2.24, 2.45) is 0 Å². The number of aromatic nitrogens is 2. The smallest absolute Gasteiger partial charge is 0.358 e. The number of nitrogens with zero attached hydrogens (tertiary/aromatic N) is 1. The van der Waals surface area contributed by atoms with Crippen molar-refractivity contribution in [1.82, 2.24) is 10.2 Å². The maximum atomic E-state index is 10.5. The van der Waals surface area contributed by atoms with E-state index in [4.69, 9.17) is 10.8 Å². The maximum Gasteiger partial charge on any atom is 0.358 e. The fourth-order valence-electron chi connectivity index (χ4n) is 0.967. The molecular formula is C7H11N3O2. The number of anilines is 1. The summed E-state index contributed by atoms with van der Waals surface area (Å²) < 4.78 is 0. The van der Waals surface area contributed by atoms with Gasteiger partial charge in [0.1, 0.15) is 0 Å². The normalized spacial score (nSPS) is 10.6. The summed E-state index contributed by atoms with van der Waals surface area (Å²) in [7, 11) is 0. The Morgan fingerprint density at radius 2 is 2.25 bits per heavy atom. The topological polar surface area (TPSA) is 92.0 Å². The second kappa shape index (κ2) is 2.84. The quantitative estimate of drug-likeness (QED) is 0.611. The molecule has 1 heterocycles. The second-order valence-electron chi connectivity index (χ2n) is 2.86. The van der Waals surface area contributed by atoms with Crippen LogP contribution in [0.25, 0.3) is 0 Å². The number of H-pyrrole nitrogens is 1. The first-order valence-corrected chi connectivity index (χ1v) is 3.61. The van der Waals surface area contributed by atoms with E-state index in [2.05, 4.69) is 10.2 Å². The van der Waals surface area contributed by atoms with Gasteiger partial charge in [0.25, 0.3) is 0 Å². The number of aromatic carboxylic acids is 1. The Kier molecular flexibility index (Phi) is 2.03. The summed E-state index contributed by atoms with van der Waals surface area (Å²) in [4.78, 5) is 10.5. The summed E-state index contributed by atoms with van der Waals surface area (Å²) in [5.74, 6) is -0.943. The van der Waals surface area contributed by atoms with Gasteiger partial charge in [0.15, 0.2) is 5.69 Å². The Morgan fingerprint density at radius 1 is 1.67 bits per heavy atom. The number of nitrogen functional groups attached to an aromatic ring is 1. The minimum Gasteiger partial charge on any atom is -0.476 e. The van der Waals surface area contributed by atoms with Gasteiger partial charge in [0.2, 0.25) is 0 Å². The van der Waals surface area contributed by atoms with Crippen LogP contribution in [-0.2, 0) is 0 Å². The summed E-state index contributed by atoms with van der Waals surface area (Å²) >= 11 is 0. The molecule has 1 rings (SSSR count). The van der Waals surface area contributed by atoms with E-state index in [1.54, 1.807) is 0 Å². The van der Waals surface area contributed by atoms with Gasteiger partial charge in [-0.1, -0.05) is 13.8 Å². The molecule has 4 N–H and O–H groups in total. The molecule has 0 atom stereocenters. The molecule has 0 saturated carbocycles.